The van der Waals surface area contributed by atoms with E-state index in [0.29, 0.717) is 5.41 Å². The van der Waals surface area contributed by atoms with E-state index in [-0.39, 0.29) is 0 Å². The maximum absolute atomic E-state index is 3.71. The molecule has 14 heavy (non-hydrogen) atoms. The molecular weight excluding hydrogens is 172 g/mol. The fourth-order valence-corrected chi connectivity index (χ4v) is 2.56. The van der Waals surface area contributed by atoms with E-state index in [9.17, 15) is 0 Å². The molecule has 82 valence electrons. The summed E-state index contributed by atoms with van der Waals surface area (Å²) in [6, 6.07) is 0.801. The topological polar surface area (TPSA) is 15.3 Å². The zero-order chi connectivity index (χ0) is 10.2. The highest BCUT2D eigenvalue weighted by atomic mass is 15.1. The van der Waals surface area contributed by atoms with Gasteiger partial charge in [-0.15, -0.1) is 0 Å². The van der Waals surface area contributed by atoms with Gasteiger partial charge in [-0.2, -0.15) is 0 Å². The third-order valence-corrected chi connectivity index (χ3v) is 3.89. The second-order valence-corrected chi connectivity index (χ2v) is 5.92. The van der Waals surface area contributed by atoms with Gasteiger partial charge in [-0.05, 0) is 50.7 Å². The highest BCUT2D eigenvalue weighted by molar-refractivity contribution is 5.01. The van der Waals surface area contributed by atoms with Crippen LogP contribution in [0.3, 0.4) is 0 Å². The van der Waals surface area contributed by atoms with E-state index < -0.39 is 0 Å². The van der Waals surface area contributed by atoms with Crippen molar-refractivity contribution in [3.05, 3.63) is 0 Å². The van der Waals surface area contributed by atoms with E-state index in [4.69, 9.17) is 0 Å². The van der Waals surface area contributed by atoms with Crippen LogP contribution in [0.1, 0.15) is 33.1 Å². The molecule has 2 aliphatic rings. The van der Waals surface area contributed by atoms with Crippen molar-refractivity contribution in [2.24, 2.45) is 11.3 Å². The normalized spacial score (nSPS) is 37.1. The number of hydrogen-bond acceptors (Lipinski definition) is 2. The molecule has 0 aromatic rings. The summed E-state index contributed by atoms with van der Waals surface area (Å²) in [5, 5.41) is 3.71. The number of likely N-dealkylation sites (tertiary alicyclic amines) is 1. The standard InChI is InChI=1S/C12H24N2/c1-12(2)7-11(12)13-8-10-5-4-6-14(3)9-10/h10-11,13H,4-9H2,1-3H3. The maximum Gasteiger partial charge on any atom is 0.0125 e. The highest BCUT2D eigenvalue weighted by Crippen LogP contribution is 2.44. The first kappa shape index (κ1) is 10.4. The molecule has 2 unspecified atom stereocenters. The summed E-state index contributed by atoms with van der Waals surface area (Å²) in [5.41, 5.74) is 0.584. The van der Waals surface area contributed by atoms with Crippen molar-refractivity contribution in [3.8, 4) is 0 Å². The molecule has 2 heteroatoms. The fraction of sp³-hybridized carbons (Fsp3) is 1.00. The summed E-state index contributed by atoms with van der Waals surface area (Å²) in [6.45, 7) is 8.54. The lowest BCUT2D eigenvalue weighted by Gasteiger charge is -2.30. The monoisotopic (exact) mass is 196 g/mol. The predicted molar refractivity (Wildman–Crippen MR) is 60.4 cm³/mol. The molecule has 2 nitrogen and oxygen atoms in total. The molecule has 2 fully saturated rings. The van der Waals surface area contributed by atoms with Crippen molar-refractivity contribution < 1.29 is 0 Å². The molecule has 1 saturated carbocycles. The zero-order valence-electron chi connectivity index (χ0n) is 9.84. The zero-order valence-corrected chi connectivity index (χ0v) is 9.84. The minimum atomic E-state index is 0.584. The first-order valence-electron chi connectivity index (χ1n) is 6.00. The van der Waals surface area contributed by atoms with Crippen LogP contribution in [0.5, 0.6) is 0 Å². The van der Waals surface area contributed by atoms with Crippen LogP contribution in [-0.4, -0.2) is 37.6 Å². The Hall–Kier alpha value is -0.0800. The molecule has 0 aromatic carbocycles. The molecule has 0 bridgehead atoms. The molecule has 2 rings (SSSR count). The molecule has 0 aromatic heterocycles. The van der Waals surface area contributed by atoms with Crippen molar-refractivity contribution in [3.63, 3.8) is 0 Å². The van der Waals surface area contributed by atoms with E-state index in [1.165, 1.54) is 38.9 Å². The first-order valence-corrected chi connectivity index (χ1v) is 6.00. The van der Waals surface area contributed by atoms with Gasteiger partial charge in [0.25, 0.3) is 0 Å². The average Bonchev–Trinajstić information content (AvgIpc) is 2.71. The van der Waals surface area contributed by atoms with E-state index in [1.807, 2.05) is 0 Å². The van der Waals surface area contributed by atoms with Crippen LogP contribution in [-0.2, 0) is 0 Å². The SMILES string of the molecule is CN1CCCC(CNC2CC2(C)C)C1. The molecule has 1 aliphatic carbocycles. The Kier molecular flexibility index (Phi) is 2.85. The van der Waals surface area contributed by atoms with Crippen molar-refractivity contribution in [1.29, 1.82) is 0 Å². The fourth-order valence-electron chi connectivity index (χ4n) is 2.56. The Bertz CT molecular complexity index is 200. The molecule has 2 atom stereocenters. The van der Waals surface area contributed by atoms with E-state index in [2.05, 4.69) is 31.1 Å². The number of piperidine rings is 1. The lowest BCUT2D eigenvalue weighted by Crippen LogP contribution is -2.38. The Labute approximate surface area is 88.1 Å². The van der Waals surface area contributed by atoms with Crippen LogP contribution in [0.2, 0.25) is 0 Å². The van der Waals surface area contributed by atoms with E-state index in [0.717, 1.165) is 12.0 Å². The average molecular weight is 196 g/mol. The lowest BCUT2D eigenvalue weighted by atomic mass is 9.98. The van der Waals surface area contributed by atoms with Gasteiger partial charge in [-0.3, -0.25) is 0 Å². The van der Waals surface area contributed by atoms with Gasteiger partial charge in [0, 0.05) is 12.6 Å². The number of nitrogens with one attached hydrogen (secondary N) is 1. The molecular formula is C12H24N2. The molecule has 0 spiro atoms. The molecule has 1 heterocycles. The third-order valence-electron chi connectivity index (χ3n) is 3.89. The largest absolute Gasteiger partial charge is 0.313 e. The van der Waals surface area contributed by atoms with Crippen LogP contribution < -0.4 is 5.32 Å². The van der Waals surface area contributed by atoms with E-state index in [1.54, 1.807) is 0 Å². The number of hydrogen-bond donors (Lipinski definition) is 1. The third kappa shape index (κ3) is 2.48. The highest BCUT2D eigenvalue weighted by Gasteiger charge is 2.45. The summed E-state index contributed by atoms with van der Waals surface area (Å²) in [4.78, 5) is 2.47. The van der Waals surface area contributed by atoms with Crippen LogP contribution in [0, 0.1) is 11.3 Å². The van der Waals surface area contributed by atoms with Gasteiger partial charge in [0.1, 0.15) is 0 Å². The van der Waals surface area contributed by atoms with Gasteiger partial charge in [0.05, 0.1) is 0 Å². The Balaban J connectivity index is 1.66. The Morgan fingerprint density at radius 1 is 1.43 bits per heavy atom. The van der Waals surface area contributed by atoms with Crippen LogP contribution in [0.15, 0.2) is 0 Å². The summed E-state index contributed by atoms with van der Waals surface area (Å²) < 4.78 is 0. The Morgan fingerprint density at radius 2 is 2.14 bits per heavy atom. The molecule has 1 N–H and O–H groups in total. The molecule has 0 amide bonds. The van der Waals surface area contributed by atoms with Gasteiger partial charge in [0.2, 0.25) is 0 Å². The lowest BCUT2D eigenvalue weighted by molar-refractivity contribution is 0.205. The summed E-state index contributed by atoms with van der Waals surface area (Å²) >= 11 is 0. The summed E-state index contributed by atoms with van der Waals surface area (Å²) in [5.74, 6) is 0.894. The minimum absolute atomic E-state index is 0.584. The second kappa shape index (κ2) is 3.82. The van der Waals surface area contributed by atoms with Crippen molar-refractivity contribution in [2.75, 3.05) is 26.7 Å². The van der Waals surface area contributed by atoms with Crippen molar-refractivity contribution >= 4 is 0 Å². The van der Waals surface area contributed by atoms with Crippen LogP contribution in [0.4, 0.5) is 0 Å². The number of nitrogens with zero attached hydrogens (tertiary/aromatic N) is 1. The summed E-state index contributed by atoms with van der Waals surface area (Å²) in [6.07, 6.45) is 4.18. The molecule has 0 radical (unpaired) electrons. The van der Waals surface area contributed by atoms with Crippen LogP contribution >= 0.6 is 0 Å². The molecule has 1 saturated heterocycles. The Morgan fingerprint density at radius 3 is 2.71 bits per heavy atom. The van der Waals surface area contributed by atoms with Gasteiger partial charge in [-0.25, -0.2) is 0 Å². The first-order chi connectivity index (χ1) is 6.58. The van der Waals surface area contributed by atoms with Crippen LogP contribution in [0.25, 0.3) is 0 Å². The molecule has 1 aliphatic heterocycles. The minimum Gasteiger partial charge on any atom is -0.313 e. The van der Waals surface area contributed by atoms with Gasteiger partial charge < -0.3 is 10.2 Å². The van der Waals surface area contributed by atoms with Gasteiger partial charge in [0.15, 0.2) is 0 Å². The van der Waals surface area contributed by atoms with Crippen molar-refractivity contribution in [2.45, 2.75) is 39.2 Å². The second-order valence-electron chi connectivity index (χ2n) is 5.92. The number of rotatable bonds is 3. The summed E-state index contributed by atoms with van der Waals surface area (Å²) in [7, 11) is 2.24. The van der Waals surface area contributed by atoms with Gasteiger partial charge >= 0.3 is 0 Å². The quantitative estimate of drug-likeness (QED) is 0.739. The van der Waals surface area contributed by atoms with E-state index >= 15 is 0 Å². The van der Waals surface area contributed by atoms with Gasteiger partial charge in [-0.1, -0.05) is 13.8 Å². The maximum atomic E-state index is 3.71. The predicted octanol–water partition coefficient (Wildman–Crippen LogP) is 1.72. The smallest absolute Gasteiger partial charge is 0.0125 e. The van der Waals surface area contributed by atoms with Crippen molar-refractivity contribution in [1.82, 2.24) is 10.2 Å².